The number of ether oxygens (including phenoxy) is 1. The number of hydrogen-bond acceptors (Lipinski definition) is 3. The van der Waals surface area contributed by atoms with Crippen molar-refractivity contribution in [2.45, 2.75) is 44.8 Å². The molecule has 2 atom stereocenters. The highest BCUT2D eigenvalue weighted by atomic mass is 16.5. The Morgan fingerprint density at radius 1 is 1.47 bits per heavy atom. The standard InChI is InChI=1S/C12H20O3/c1-4-7-11(15-12(14)5-2)9-6-8-10(3)13/h4-5,10-11,13H,1-2,6-9H2,3H3/t10?,11-/m1/s1. The van der Waals surface area contributed by atoms with E-state index in [-0.39, 0.29) is 12.2 Å². The summed E-state index contributed by atoms with van der Waals surface area (Å²) in [5, 5.41) is 9.08. The van der Waals surface area contributed by atoms with Crippen molar-refractivity contribution in [3.8, 4) is 0 Å². The van der Waals surface area contributed by atoms with Crippen LogP contribution >= 0.6 is 0 Å². The zero-order valence-electron chi connectivity index (χ0n) is 9.32. The van der Waals surface area contributed by atoms with Crippen LogP contribution in [0.4, 0.5) is 0 Å². The molecule has 3 nitrogen and oxygen atoms in total. The Bertz CT molecular complexity index is 209. The molecule has 0 saturated carbocycles. The zero-order chi connectivity index (χ0) is 11.7. The van der Waals surface area contributed by atoms with Crippen LogP contribution in [0.1, 0.15) is 32.6 Å². The van der Waals surface area contributed by atoms with Gasteiger partial charge < -0.3 is 9.84 Å². The number of rotatable bonds is 8. The molecule has 0 heterocycles. The summed E-state index contributed by atoms with van der Waals surface area (Å²) in [6.45, 7) is 8.70. The maximum atomic E-state index is 11.0. The molecule has 0 aromatic heterocycles. The van der Waals surface area contributed by atoms with Crippen molar-refractivity contribution in [2.75, 3.05) is 0 Å². The van der Waals surface area contributed by atoms with Crippen LogP contribution in [0.15, 0.2) is 25.3 Å². The molecule has 1 N–H and O–H groups in total. The number of hydrogen-bond donors (Lipinski definition) is 1. The Hall–Kier alpha value is -1.09. The minimum atomic E-state index is -0.404. The molecular formula is C12H20O3. The fraction of sp³-hybridized carbons (Fsp3) is 0.583. The van der Waals surface area contributed by atoms with Gasteiger partial charge in [-0.2, -0.15) is 0 Å². The van der Waals surface area contributed by atoms with Crippen LogP contribution in [0.25, 0.3) is 0 Å². The Morgan fingerprint density at radius 2 is 2.13 bits per heavy atom. The summed E-state index contributed by atoms with van der Waals surface area (Å²) in [5.74, 6) is -0.404. The Kier molecular flexibility index (Phi) is 7.64. The third-order valence-corrected chi connectivity index (χ3v) is 2.03. The van der Waals surface area contributed by atoms with E-state index in [1.54, 1.807) is 13.0 Å². The van der Waals surface area contributed by atoms with Crippen molar-refractivity contribution in [2.24, 2.45) is 0 Å². The summed E-state index contributed by atoms with van der Waals surface area (Å²) in [6.07, 6.45) is 5.38. The van der Waals surface area contributed by atoms with E-state index in [0.29, 0.717) is 6.42 Å². The van der Waals surface area contributed by atoms with Gasteiger partial charge in [0.15, 0.2) is 0 Å². The zero-order valence-corrected chi connectivity index (χ0v) is 9.32. The Balaban J connectivity index is 3.87. The molecule has 0 radical (unpaired) electrons. The van der Waals surface area contributed by atoms with Crippen molar-refractivity contribution in [3.05, 3.63) is 25.3 Å². The van der Waals surface area contributed by atoms with Crippen LogP contribution in [-0.2, 0) is 9.53 Å². The average Bonchev–Trinajstić information content (AvgIpc) is 2.17. The number of aliphatic hydroxyl groups is 1. The lowest BCUT2D eigenvalue weighted by atomic mass is 10.1. The lowest BCUT2D eigenvalue weighted by Gasteiger charge is -2.15. The van der Waals surface area contributed by atoms with Gasteiger partial charge in [0.2, 0.25) is 0 Å². The lowest BCUT2D eigenvalue weighted by molar-refractivity contribution is -0.143. The maximum absolute atomic E-state index is 11.0. The largest absolute Gasteiger partial charge is 0.459 e. The Morgan fingerprint density at radius 3 is 2.60 bits per heavy atom. The number of carbonyl (C=O) groups excluding carboxylic acids is 1. The first-order valence-corrected chi connectivity index (χ1v) is 5.22. The molecule has 0 spiro atoms. The van der Waals surface area contributed by atoms with Gasteiger partial charge in [0.05, 0.1) is 6.10 Å². The predicted octanol–water partition coefficient (Wildman–Crippen LogP) is 2.21. The van der Waals surface area contributed by atoms with E-state index < -0.39 is 5.97 Å². The van der Waals surface area contributed by atoms with Gasteiger partial charge in [0, 0.05) is 12.5 Å². The molecule has 3 heteroatoms. The van der Waals surface area contributed by atoms with E-state index in [0.717, 1.165) is 25.3 Å². The van der Waals surface area contributed by atoms with Crippen LogP contribution in [0.2, 0.25) is 0 Å². The molecule has 86 valence electrons. The summed E-state index contributed by atoms with van der Waals surface area (Å²) in [5.41, 5.74) is 0. The van der Waals surface area contributed by atoms with Crippen LogP contribution < -0.4 is 0 Å². The van der Waals surface area contributed by atoms with Crippen LogP contribution in [-0.4, -0.2) is 23.3 Å². The summed E-state index contributed by atoms with van der Waals surface area (Å²) in [6, 6.07) is 0. The topological polar surface area (TPSA) is 46.5 Å². The second kappa shape index (κ2) is 8.24. The van der Waals surface area contributed by atoms with Crippen molar-refractivity contribution in [3.63, 3.8) is 0 Å². The minimum Gasteiger partial charge on any atom is -0.459 e. The minimum absolute atomic E-state index is 0.147. The monoisotopic (exact) mass is 212 g/mol. The van der Waals surface area contributed by atoms with Gasteiger partial charge in [0.25, 0.3) is 0 Å². The molecule has 15 heavy (non-hydrogen) atoms. The van der Waals surface area contributed by atoms with Gasteiger partial charge in [-0.15, -0.1) is 6.58 Å². The molecule has 0 saturated heterocycles. The predicted molar refractivity (Wildman–Crippen MR) is 60.4 cm³/mol. The highest BCUT2D eigenvalue weighted by Gasteiger charge is 2.11. The van der Waals surface area contributed by atoms with Gasteiger partial charge in [-0.3, -0.25) is 0 Å². The summed E-state index contributed by atoms with van der Waals surface area (Å²) >= 11 is 0. The highest BCUT2D eigenvalue weighted by Crippen LogP contribution is 2.11. The SMILES string of the molecule is C=CC[C@H](CCCC(C)O)OC(=O)C=C. The smallest absolute Gasteiger partial charge is 0.330 e. The highest BCUT2D eigenvalue weighted by molar-refractivity contribution is 5.81. The molecule has 0 bridgehead atoms. The van der Waals surface area contributed by atoms with Gasteiger partial charge in [-0.25, -0.2) is 4.79 Å². The van der Waals surface area contributed by atoms with Crippen molar-refractivity contribution >= 4 is 5.97 Å². The van der Waals surface area contributed by atoms with Gasteiger partial charge in [-0.05, 0) is 26.2 Å². The maximum Gasteiger partial charge on any atom is 0.330 e. The number of esters is 1. The third kappa shape index (κ3) is 7.94. The molecule has 0 aliphatic rings. The van der Waals surface area contributed by atoms with E-state index in [1.165, 1.54) is 0 Å². The van der Waals surface area contributed by atoms with E-state index in [9.17, 15) is 4.79 Å². The summed E-state index contributed by atoms with van der Waals surface area (Å²) in [7, 11) is 0. The summed E-state index contributed by atoms with van der Waals surface area (Å²) in [4.78, 5) is 11.0. The molecule has 0 aliphatic carbocycles. The summed E-state index contributed by atoms with van der Waals surface area (Å²) < 4.78 is 5.11. The molecule has 0 aromatic rings. The molecule has 0 fully saturated rings. The third-order valence-electron chi connectivity index (χ3n) is 2.03. The van der Waals surface area contributed by atoms with E-state index in [4.69, 9.17) is 9.84 Å². The van der Waals surface area contributed by atoms with Crippen molar-refractivity contribution in [1.29, 1.82) is 0 Å². The average molecular weight is 212 g/mol. The van der Waals surface area contributed by atoms with E-state index in [1.807, 2.05) is 0 Å². The fourth-order valence-electron chi connectivity index (χ4n) is 1.26. The molecule has 0 amide bonds. The number of aliphatic hydroxyl groups excluding tert-OH is 1. The molecular weight excluding hydrogens is 192 g/mol. The lowest BCUT2D eigenvalue weighted by Crippen LogP contribution is -2.16. The van der Waals surface area contributed by atoms with Crippen LogP contribution in [0, 0.1) is 0 Å². The second-order valence-corrected chi connectivity index (χ2v) is 3.57. The van der Waals surface area contributed by atoms with E-state index >= 15 is 0 Å². The van der Waals surface area contributed by atoms with Gasteiger partial charge in [-0.1, -0.05) is 12.7 Å². The number of carbonyl (C=O) groups is 1. The molecule has 0 aromatic carbocycles. The second-order valence-electron chi connectivity index (χ2n) is 3.57. The molecule has 1 unspecified atom stereocenters. The first kappa shape index (κ1) is 13.9. The van der Waals surface area contributed by atoms with Crippen molar-refractivity contribution < 1.29 is 14.6 Å². The molecule has 0 aliphatic heterocycles. The fourth-order valence-corrected chi connectivity index (χ4v) is 1.26. The quantitative estimate of drug-likeness (QED) is 0.381. The van der Waals surface area contributed by atoms with Crippen LogP contribution in [0.5, 0.6) is 0 Å². The Labute approximate surface area is 91.4 Å². The van der Waals surface area contributed by atoms with Crippen molar-refractivity contribution in [1.82, 2.24) is 0 Å². The van der Waals surface area contributed by atoms with Gasteiger partial charge >= 0.3 is 5.97 Å². The first-order valence-electron chi connectivity index (χ1n) is 5.22. The normalized spacial score (nSPS) is 14.0. The molecule has 0 rings (SSSR count). The van der Waals surface area contributed by atoms with Gasteiger partial charge in [0.1, 0.15) is 6.10 Å². The van der Waals surface area contributed by atoms with Crippen LogP contribution in [0.3, 0.4) is 0 Å². The van der Waals surface area contributed by atoms with E-state index in [2.05, 4.69) is 13.2 Å². The first-order chi connectivity index (χ1) is 7.10.